The van der Waals surface area contributed by atoms with Crippen molar-refractivity contribution in [1.29, 1.82) is 0 Å². The molecule has 0 aliphatic rings. The van der Waals surface area contributed by atoms with Crippen molar-refractivity contribution in [2.75, 3.05) is 73.8 Å². The minimum absolute atomic E-state index is 0.742. The number of rotatable bonds is 14. The zero-order valence-corrected chi connectivity index (χ0v) is 17.0. The summed E-state index contributed by atoms with van der Waals surface area (Å²) in [5, 5.41) is 0. The molecule has 0 spiro atoms. The van der Waals surface area contributed by atoms with Crippen LogP contribution in [0.2, 0.25) is 6.55 Å². The Kier molecular flexibility index (Phi) is 12.5. The summed E-state index contributed by atoms with van der Waals surface area (Å²) in [7, 11) is 6.47. The molecule has 0 radical (unpaired) electrons. The molecule has 0 unspecified atom stereocenters. The Morgan fingerprint density at radius 2 is 1.14 bits per heavy atom. The maximum absolute atomic E-state index is 6.01. The Balaban J connectivity index is 4.50. The normalized spacial score (nSPS) is 12.8. The second kappa shape index (κ2) is 12.4. The van der Waals surface area contributed by atoms with Crippen LogP contribution in [0.15, 0.2) is 0 Å². The van der Waals surface area contributed by atoms with E-state index in [1.54, 1.807) is 0 Å². The van der Waals surface area contributed by atoms with Gasteiger partial charge in [-0.1, -0.05) is 0 Å². The van der Waals surface area contributed by atoms with Crippen LogP contribution in [0.1, 0.15) is 26.7 Å². The van der Waals surface area contributed by atoms with E-state index < -0.39 is 8.56 Å². The maximum Gasteiger partial charge on any atom is 0.349 e. The molecule has 0 aromatic heterocycles. The quantitative estimate of drug-likeness (QED) is 0.453. The molecule has 0 aliphatic heterocycles. The van der Waals surface area contributed by atoms with E-state index >= 15 is 0 Å². The topological polar surface area (TPSA) is 28.2 Å². The monoisotopic (exact) mass is 333 g/mol. The molecule has 0 fully saturated rings. The van der Waals surface area contributed by atoms with Crippen LogP contribution >= 0.6 is 0 Å². The molecular formula is C16H39N3O2Si. The van der Waals surface area contributed by atoms with E-state index in [0.717, 1.165) is 45.6 Å². The van der Waals surface area contributed by atoms with Gasteiger partial charge in [0.05, 0.1) is 0 Å². The van der Waals surface area contributed by atoms with E-state index in [-0.39, 0.29) is 0 Å². The van der Waals surface area contributed by atoms with Crippen LogP contribution in [0.25, 0.3) is 0 Å². The van der Waals surface area contributed by atoms with E-state index in [2.05, 4.69) is 63.3 Å². The summed E-state index contributed by atoms with van der Waals surface area (Å²) in [5.41, 5.74) is 0. The van der Waals surface area contributed by atoms with Gasteiger partial charge in [0.15, 0.2) is 0 Å². The van der Waals surface area contributed by atoms with E-state index in [9.17, 15) is 0 Å². The van der Waals surface area contributed by atoms with Crippen molar-refractivity contribution in [2.45, 2.75) is 33.2 Å². The third-order valence-corrected chi connectivity index (χ3v) is 6.39. The maximum atomic E-state index is 6.01. The molecule has 0 N–H and O–H groups in total. The van der Waals surface area contributed by atoms with Crippen LogP contribution in [-0.4, -0.2) is 97.0 Å². The Morgan fingerprint density at radius 1 is 0.727 bits per heavy atom. The first-order chi connectivity index (χ1) is 10.3. The van der Waals surface area contributed by atoms with Crippen molar-refractivity contribution < 1.29 is 8.85 Å². The average Bonchev–Trinajstić information content (AvgIpc) is 2.37. The Hall–Kier alpha value is 0.0169. The SMILES string of the molecule is CCO[Si](C)(CN(CCCN(C)C)CCCN(C)C)OCC. The highest BCUT2D eigenvalue weighted by atomic mass is 28.4. The fourth-order valence-corrected chi connectivity index (χ4v) is 5.26. The minimum atomic E-state index is -2.07. The summed E-state index contributed by atoms with van der Waals surface area (Å²) in [6, 6.07) is 0. The van der Waals surface area contributed by atoms with E-state index in [0.29, 0.717) is 0 Å². The highest BCUT2D eigenvalue weighted by Crippen LogP contribution is 2.11. The van der Waals surface area contributed by atoms with Gasteiger partial charge in [-0.05, 0) is 87.6 Å². The van der Waals surface area contributed by atoms with Gasteiger partial charge in [0, 0.05) is 19.4 Å². The third kappa shape index (κ3) is 11.6. The molecule has 5 nitrogen and oxygen atoms in total. The van der Waals surface area contributed by atoms with Crippen LogP contribution in [-0.2, 0) is 8.85 Å². The van der Waals surface area contributed by atoms with Gasteiger partial charge < -0.3 is 23.6 Å². The fourth-order valence-electron chi connectivity index (χ4n) is 2.64. The molecule has 0 aliphatic carbocycles. The highest BCUT2D eigenvalue weighted by molar-refractivity contribution is 6.66. The Morgan fingerprint density at radius 3 is 1.45 bits per heavy atom. The van der Waals surface area contributed by atoms with Gasteiger partial charge in [-0.2, -0.15) is 0 Å². The lowest BCUT2D eigenvalue weighted by Crippen LogP contribution is -2.51. The zero-order valence-electron chi connectivity index (χ0n) is 16.0. The van der Waals surface area contributed by atoms with Crippen LogP contribution < -0.4 is 0 Å². The van der Waals surface area contributed by atoms with Crippen LogP contribution in [0.3, 0.4) is 0 Å². The van der Waals surface area contributed by atoms with Gasteiger partial charge in [0.2, 0.25) is 0 Å². The van der Waals surface area contributed by atoms with Crippen molar-refractivity contribution in [1.82, 2.24) is 14.7 Å². The average molecular weight is 334 g/mol. The van der Waals surface area contributed by atoms with Gasteiger partial charge in [-0.3, -0.25) is 0 Å². The van der Waals surface area contributed by atoms with Crippen molar-refractivity contribution in [2.24, 2.45) is 0 Å². The standard InChI is InChI=1S/C16H39N3O2Si/c1-8-20-22(7,21-9-2)16-19(14-10-12-17(3)4)15-11-13-18(5)6/h8-16H2,1-7H3. The van der Waals surface area contributed by atoms with Gasteiger partial charge in [0.25, 0.3) is 0 Å². The summed E-state index contributed by atoms with van der Waals surface area (Å²) in [6.07, 6.45) is 3.35. The van der Waals surface area contributed by atoms with Crippen molar-refractivity contribution >= 4 is 8.56 Å². The molecule has 0 rings (SSSR count). The van der Waals surface area contributed by atoms with Crippen molar-refractivity contribution in [3.63, 3.8) is 0 Å². The molecule has 0 atom stereocenters. The van der Waals surface area contributed by atoms with Crippen molar-refractivity contribution in [3.05, 3.63) is 0 Å². The second-order valence-corrected chi connectivity index (χ2v) is 9.75. The van der Waals surface area contributed by atoms with Gasteiger partial charge in [-0.25, -0.2) is 0 Å². The largest absolute Gasteiger partial charge is 0.394 e. The molecule has 0 heterocycles. The fraction of sp³-hybridized carbons (Fsp3) is 1.00. The van der Waals surface area contributed by atoms with E-state index in [4.69, 9.17) is 8.85 Å². The second-order valence-electron chi connectivity index (χ2n) is 6.59. The van der Waals surface area contributed by atoms with Gasteiger partial charge in [-0.15, -0.1) is 0 Å². The molecular weight excluding hydrogens is 294 g/mol. The lowest BCUT2D eigenvalue weighted by Gasteiger charge is -2.33. The van der Waals surface area contributed by atoms with Crippen molar-refractivity contribution in [3.8, 4) is 0 Å². The molecule has 0 saturated heterocycles. The first kappa shape index (κ1) is 22.0. The molecule has 0 saturated carbocycles. The van der Waals surface area contributed by atoms with Crippen LogP contribution in [0, 0.1) is 0 Å². The zero-order chi connectivity index (χ0) is 17.0. The lowest BCUT2D eigenvalue weighted by atomic mass is 10.3. The molecule has 0 aromatic carbocycles. The summed E-state index contributed by atoms with van der Waals surface area (Å²) in [6.45, 7) is 12.3. The lowest BCUT2D eigenvalue weighted by molar-refractivity contribution is 0.160. The molecule has 134 valence electrons. The first-order valence-corrected chi connectivity index (χ1v) is 11.1. The van der Waals surface area contributed by atoms with E-state index in [1.807, 2.05) is 0 Å². The third-order valence-electron chi connectivity index (χ3n) is 3.57. The summed E-state index contributed by atoms with van der Waals surface area (Å²) < 4.78 is 12.0. The highest BCUT2D eigenvalue weighted by Gasteiger charge is 2.33. The van der Waals surface area contributed by atoms with Gasteiger partial charge >= 0.3 is 8.56 Å². The van der Waals surface area contributed by atoms with Crippen LogP contribution in [0.5, 0.6) is 0 Å². The Labute approximate surface area is 139 Å². The number of hydrogen-bond acceptors (Lipinski definition) is 5. The minimum Gasteiger partial charge on any atom is -0.394 e. The molecule has 0 aromatic rings. The summed E-state index contributed by atoms with van der Waals surface area (Å²) in [5.74, 6) is 0. The smallest absolute Gasteiger partial charge is 0.349 e. The van der Waals surface area contributed by atoms with E-state index in [1.165, 1.54) is 12.8 Å². The first-order valence-electron chi connectivity index (χ1n) is 8.62. The molecule has 0 amide bonds. The molecule has 6 heteroatoms. The molecule has 0 bridgehead atoms. The predicted molar refractivity (Wildman–Crippen MR) is 97.7 cm³/mol. The summed E-state index contributed by atoms with van der Waals surface area (Å²) in [4.78, 5) is 7.05. The Bertz CT molecular complexity index is 246. The predicted octanol–water partition coefficient (Wildman–Crippen LogP) is 1.88. The number of nitrogens with zero attached hydrogens (tertiary/aromatic N) is 3. The van der Waals surface area contributed by atoms with Crippen LogP contribution in [0.4, 0.5) is 0 Å². The number of hydrogen-bond donors (Lipinski definition) is 0. The molecule has 22 heavy (non-hydrogen) atoms. The summed E-state index contributed by atoms with van der Waals surface area (Å²) >= 11 is 0. The van der Waals surface area contributed by atoms with Gasteiger partial charge in [0.1, 0.15) is 0 Å².